The van der Waals surface area contributed by atoms with Crippen molar-refractivity contribution in [1.29, 1.82) is 0 Å². The van der Waals surface area contributed by atoms with Crippen molar-refractivity contribution in [3.8, 4) is 0 Å². The molecule has 0 heterocycles. The highest BCUT2D eigenvalue weighted by Gasteiger charge is 2.36. The second-order valence-electron chi connectivity index (χ2n) is 5.01. The van der Waals surface area contributed by atoms with Gasteiger partial charge in [0.1, 0.15) is 0 Å². The number of halogens is 2. The van der Waals surface area contributed by atoms with Crippen LogP contribution in [0.5, 0.6) is 0 Å². The van der Waals surface area contributed by atoms with Crippen LogP contribution < -0.4 is 5.32 Å². The van der Waals surface area contributed by atoms with Gasteiger partial charge in [0.2, 0.25) is 0 Å². The van der Waals surface area contributed by atoms with Gasteiger partial charge < -0.3 is 5.32 Å². The van der Waals surface area contributed by atoms with Crippen LogP contribution in [0.3, 0.4) is 0 Å². The molecule has 1 aliphatic rings. The fourth-order valence-electron chi connectivity index (χ4n) is 2.33. The highest BCUT2D eigenvalue weighted by molar-refractivity contribution is 9.11. The molecule has 18 heavy (non-hydrogen) atoms. The van der Waals surface area contributed by atoms with Crippen LogP contribution >= 0.6 is 43.6 Å². The summed E-state index contributed by atoms with van der Waals surface area (Å²) in [6, 6.07) is 6.78. The predicted molar refractivity (Wildman–Crippen MR) is 88.4 cm³/mol. The molecule has 1 saturated carbocycles. The van der Waals surface area contributed by atoms with Crippen LogP contribution in [0.1, 0.15) is 37.8 Å². The summed E-state index contributed by atoms with van der Waals surface area (Å²) in [6.07, 6.45) is 6.34. The number of hydrogen-bond donors (Lipinski definition) is 1. The Bertz CT molecular complexity index is 413. The van der Waals surface area contributed by atoms with E-state index in [1.807, 2.05) is 11.8 Å². The smallest absolute Gasteiger partial charge is 0.0303 e. The zero-order chi connectivity index (χ0) is 13.2. The summed E-state index contributed by atoms with van der Waals surface area (Å²) in [7, 11) is 0. The Hall–Kier alpha value is 0.490. The Kier molecular flexibility index (Phi) is 5.21. The normalized spacial score (nSPS) is 19.3. The van der Waals surface area contributed by atoms with E-state index in [0.717, 1.165) is 11.0 Å². The lowest BCUT2D eigenvalue weighted by atomic mass is 9.84. The Morgan fingerprint density at radius 3 is 2.61 bits per heavy atom. The first-order valence-corrected chi connectivity index (χ1v) is 9.11. The van der Waals surface area contributed by atoms with Crippen LogP contribution in [0, 0.1) is 0 Å². The Labute approximate surface area is 131 Å². The zero-order valence-corrected chi connectivity index (χ0v) is 14.8. The van der Waals surface area contributed by atoms with Crippen molar-refractivity contribution < 1.29 is 0 Å². The lowest BCUT2D eigenvalue weighted by molar-refractivity contribution is 0.334. The molecule has 1 fully saturated rings. The van der Waals surface area contributed by atoms with E-state index in [2.05, 4.69) is 68.6 Å². The maximum Gasteiger partial charge on any atom is 0.0303 e. The number of benzene rings is 1. The van der Waals surface area contributed by atoms with Crippen LogP contribution in [-0.2, 0) is 0 Å². The van der Waals surface area contributed by atoms with Crippen molar-refractivity contribution in [2.75, 3.05) is 12.8 Å². The minimum atomic E-state index is 0.386. The van der Waals surface area contributed by atoms with Crippen molar-refractivity contribution in [3.05, 3.63) is 32.7 Å². The molecule has 1 N–H and O–H groups in total. The second kappa shape index (κ2) is 6.29. The predicted octanol–water partition coefficient (Wildman–Crippen LogP) is 5.15. The first-order valence-electron chi connectivity index (χ1n) is 6.30. The molecule has 1 aromatic rings. The highest BCUT2D eigenvalue weighted by atomic mass is 79.9. The van der Waals surface area contributed by atoms with E-state index in [9.17, 15) is 0 Å². The zero-order valence-electron chi connectivity index (χ0n) is 10.8. The molecule has 0 amide bonds. The quantitative estimate of drug-likeness (QED) is 0.743. The van der Waals surface area contributed by atoms with E-state index in [1.54, 1.807) is 0 Å². The molecule has 0 radical (unpaired) electrons. The maximum atomic E-state index is 3.69. The van der Waals surface area contributed by atoms with Crippen LogP contribution in [-0.4, -0.2) is 17.5 Å². The molecule has 1 aromatic carbocycles. The van der Waals surface area contributed by atoms with Crippen LogP contribution in [0.15, 0.2) is 27.1 Å². The largest absolute Gasteiger partial charge is 0.309 e. The van der Waals surface area contributed by atoms with Gasteiger partial charge in [0.25, 0.3) is 0 Å². The summed E-state index contributed by atoms with van der Waals surface area (Å²) >= 11 is 9.16. The van der Waals surface area contributed by atoms with E-state index >= 15 is 0 Å². The molecule has 0 bridgehead atoms. The van der Waals surface area contributed by atoms with Gasteiger partial charge >= 0.3 is 0 Å². The highest BCUT2D eigenvalue weighted by Crippen LogP contribution is 2.42. The Morgan fingerprint density at radius 2 is 2.11 bits per heavy atom. The fraction of sp³-hybridized carbons (Fsp3) is 0.571. The monoisotopic (exact) mass is 391 g/mol. The van der Waals surface area contributed by atoms with E-state index in [-0.39, 0.29) is 0 Å². The van der Waals surface area contributed by atoms with Gasteiger partial charge in [-0.3, -0.25) is 0 Å². The molecule has 1 atom stereocenters. The standard InChI is InChI=1S/C14H19Br2NS/c1-10(12-5-4-11(15)8-13(12)16)17-9-14(18-2)6-3-7-14/h4-5,8,10,17H,3,6-7,9H2,1-2H3. The molecule has 0 aromatic heterocycles. The Morgan fingerprint density at radius 1 is 1.39 bits per heavy atom. The molecular weight excluding hydrogens is 374 g/mol. The van der Waals surface area contributed by atoms with Gasteiger partial charge in [-0.15, -0.1) is 0 Å². The third-order valence-electron chi connectivity index (χ3n) is 3.86. The summed E-state index contributed by atoms with van der Waals surface area (Å²) in [6.45, 7) is 3.35. The van der Waals surface area contributed by atoms with E-state index in [0.29, 0.717) is 10.8 Å². The summed E-state index contributed by atoms with van der Waals surface area (Å²) in [5, 5.41) is 3.69. The number of hydrogen-bond acceptors (Lipinski definition) is 2. The number of nitrogens with one attached hydrogen (secondary N) is 1. The molecule has 0 saturated heterocycles. The molecule has 2 rings (SSSR count). The van der Waals surface area contributed by atoms with Crippen molar-refractivity contribution in [2.24, 2.45) is 0 Å². The average molecular weight is 393 g/mol. The minimum absolute atomic E-state index is 0.386. The van der Waals surface area contributed by atoms with Crippen molar-refractivity contribution >= 4 is 43.6 Å². The average Bonchev–Trinajstić information content (AvgIpc) is 2.27. The van der Waals surface area contributed by atoms with Crippen molar-refractivity contribution in [3.63, 3.8) is 0 Å². The van der Waals surface area contributed by atoms with Gasteiger partial charge in [0.15, 0.2) is 0 Å². The summed E-state index contributed by atoms with van der Waals surface area (Å²) in [5.41, 5.74) is 1.33. The maximum absolute atomic E-state index is 3.69. The molecule has 100 valence electrons. The van der Waals surface area contributed by atoms with Crippen LogP contribution in [0.25, 0.3) is 0 Å². The molecule has 4 heteroatoms. The fourth-order valence-corrected chi connectivity index (χ4v) is 4.64. The van der Waals surface area contributed by atoms with Crippen molar-refractivity contribution in [1.82, 2.24) is 5.32 Å². The van der Waals surface area contributed by atoms with E-state index in [4.69, 9.17) is 0 Å². The molecule has 1 nitrogen and oxygen atoms in total. The summed E-state index contributed by atoms with van der Waals surface area (Å²) < 4.78 is 2.78. The van der Waals surface area contributed by atoms with Gasteiger partial charge in [0.05, 0.1) is 0 Å². The molecule has 1 unspecified atom stereocenters. The summed E-state index contributed by atoms with van der Waals surface area (Å²) in [4.78, 5) is 0. The lowest BCUT2D eigenvalue weighted by Crippen LogP contribution is -2.44. The molecule has 0 spiro atoms. The number of rotatable bonds is 5. The van der Waals surface area contributed by atoms with Crippen LogP contribution in [0.4, 0.5) is 0 Å². The first-order chi connectivity index (χ1) is 8.56. The van der Waals surface area contributed by atoms with E-state index in [1.165, 1.54) is 29.3 Å². The lowest BCUT2D eigenvalue weighted by Gasteiger charge is -2.41. The SMILES string of the molecule is CSC1(CNC(C)c2ccc(Br)cc2Br)CCC1. The molecular formula is C14H19Br2NS. The molecule has 1 aliphatic carbocycles. The van der Waals surface area contributed by atoms with Gasteiger partial charge in [-0.2, -0.15) is 11.8 Å². The van der Waals surface area contributed by atoms with Crippen LogP contribution in [0.2, 0.25) is 0 Å². The Balaban J connectivity index is 1.97. The molecule has 0 aliphatic heterocycles. The van der Waals surface area contributed by atoms with Gasteiger partial charge in [0, 0.05) is 26.3 Å². The second-order valence-corrected chi connectivity index (χ2v) is 8.05. The first kappa shape index (κ1) is 14.9. The third kappa shape index (κ3) is 3.33. The topological polar surface area (TPSA) is 12.0 Å². The summed E-state index contributed by atoms with van der Waals surface area (Å²) in [5.74, 6) is 0. The van der Waals surface area contributed by atoms with E-state index < -0.39 is 0 Å². The van der Waals surface area contributed by atoms with Gasteiger partial charge in [-0.05, 0) is 43.7 Å². The number of thioether (sulfide) groups is 1. The van der Waals surface area contributed by atoms with Gasteiger partial charge in [-0.25, -0.2) is 0 Å². The minimum Gasteiger partial charge on any atom is -0.309 e. The third-order valence-corrected chi connectivity index (χ3v) is 6.46. The van der Waals surface area contributed by atoms with Gasteiger partial charge in [-0.1, -0.05) is 44.3 Å². The van der Waals surface area contributed by atoms with Crippen molar-refractivity contribution in [2.45, 2.75) is 37.0 Å².